The second-order valence-corrected chi connectivity index (χ2v) is 8.72. The number of carbonyl (C=O) groups is 2. The van der Waals surface area contributed by atoms with Crippen molar-refractivity contribution >= 4 is 23.4 Å². The van der Waals surface area contributed by atoms with Gasteiger partial charge in [0.05, 0.1) is 19.2 Å². The molecule has 0 bridgehead atoms. The van der Waals surface area contributed by atoms with Gasteiger partial charge in [0.15, 0.2) is 12.3 Å². The number of H-pyrrole nitrogens is 1. The van der Waals surface area contributed by atoms with Crippen molar-refractivity contribution in [2.75, 3.05) is 30.9 Å². The number of ether oxygens (including phenoxy) is 2. The van der Waals surface area contributed by atoms with Crippen molar-refractivity contribution in [3.05, 3.63) is 86.1 Å². The van der Waals surface area contributed by atoms with E-state index in [9.17, 15) is 19.2 Å². The van der Waals surface area contributed by atoms with Gasteiger partial charge in [0.25, 0.3) is 11.5 Å². The van der Waals surface area contributed by atoms with Crippen LogP contribution in [0.4, 0.5) is 11.5 Å². The molecule has 1 heterocycles. The van der Waals surface area contributed by atoms with Gasteiger partial charge >= 0.3 is 11.7 Å². The van der Waals surface area contributed by atoms with Gasteiger partial charge in [-0.3, -0.25) is 19.1 Å². The van der Waals surface area contributed by atoms with Crippen LogP contribution in [0, 0.1) is 12.8 Å². The predicted octanol–water partition coefficient (Wildman–Crippen LogP) is 2.33. The number of nitrogens with zero attached hydrogens (tertiary/aromatic N) is 2. The molecule has 0 radical (unpaired) electrons. The Bertz CT molecular complexity index is 1360. The third-order valence-corrected chi connectivity index (χ3v) is 5.49. The first-order chi connectivity index (χ1) is 17.1. The van der Waals surface area contributed by atoms with Gasteiger partial charge in [0, 0.05) is 6.54 Å². The number of carbonyl (C=O) groups excluding carboxylic acids is 2. The normalized spacial score (nSPS) is 10.8. The smallest absolute Gasteiger partial charge is 0.338 e. The van der Waals surface area contributed by atoms with Crippen LogP contribution in [-0.2, 0) is 16.1 Å². The average molecular weight is 495 g/mol. The highest BCUT2D eigenvalue weighted by Gasteiger charge is 2.26. The molecule has 0 fully saturated rings. The second kappa shape index (κ2) is 11.4. The number of hydrogen-bond donors (Lipinski definition) is 2. The number of aromatic nitrogens is 2. The lowest BCUT2D eigenvalue weighted by Gasteiger charge is -2.26. The molecule has 0 aliphatic carbocycles. The first-order valence-electron chi connectivity index (χ1n) is 11.4. The maximum Gasteiger partial charge on any atom is 0.338 e. The highest BCUT2D eigenvalue weighted by Crippen LogP contribution is 2.21. The lowest BCUT2D eigenvalue weighted by molar-refractivity contribution is -0.121. The first-order valence-corrected chi connectivity index (χ1v) is 11.4. The summed E-state index contributed by atoms with van der Waals surface area (Å²) in [6.07, 6.45) is 0. The molecule has 10 nitrogen and oxygen atoms in total. The maximum absolute atomic E-state index is 13.2. The zero-order valence-electron chi connectivity index (χ0n) is 20.7. The summed E-state index contributed by atoms with van der Waals surface area (Å²) in [5.41, 5.74) is 6.45. The van der Waals surface area contributed by atoms with E-state index in [1.165, 1.54) is 17.7 Å². The van der Waals surface area contributed by atoms with Crippen LogP contribution in [0.15, 0.2) is 58.1 Å². The summed E-state index contributed by atoms with van der Waals surface area (Å²) in [5.74, 6) is -1.08. The van der Waals surface area contributed by atoms with Crippen molar-refractivity contribution in [3.63, 3.8) is 0 Å². The Labute approximate surface area is 208 Å². The van der Waals surface area contributed by atoms with Gasteiger partial charge in [0.2, 0.25) is 0 Å². The van der Waals surface area contributed by atoms with E-state index >= 15 is 0 Å². The number of anilines is 2. The van der Waals surface area contributed by atoms with E-state index in [0.29, 0.717) is 5.75 Å². The van der Waals surface area contributed by atoms with E-state index in [-0.39, 0.29) is 36.1 Å². The van der Waals surface area contributed by atoms with Crippen molar-refractivity contribution in [1.82, 2.24) is 9.55 Å². The van der Waals surface area contributed by atoms with Gasteiger partial charge in [-0.25, -0.2) is 9.59 Å². The number of aromatic amines is 1. The molecular weight excluding hydrogens is 464 g/mol. The SMILES string of the molecule is COc1cc(C(=O)OCC(=O)N(CC(C)C)c2c(N)n(Cc3ccccc3)c(=O)[nH]c2=O)ccc1C. The topological polar surface area (TPSA) is 137 Å². The number of methoxy groups -OCH3 is 1. The summed E-state index contributed by atoms with van der Waals surface area (Å²) in [4.78, 5) is 54.5. The number of rotatable bonds is 9. The molecule has 0 spiro atoms. The lowest BCUT2D eigenvalue weighted by Crippen LogP contribution is -2.44. The van der Waals surface area contributed by atoms with Crippen LogP contribution in [0.5, 0.6) is 5.75 Å². The van der Waals surface area contributed by atoms with Gasteiger partial charge in [0.1, 0.15) is 11.6 Å². The molecule has 3 rings (SSSR count). The Kier molecular flexibility index (Phi) is 8.31. The van der Waals surface area contributed by atoms with E-state index in [4.69, 9.17) is 15.2 Å². The van der Waals surface area contributed by atoms with Gasteiger partial charge in [-0.15, -0.1) is 0 Å². The molecule has 36 heavy (non-hydrogen) atoms. The number of nitrogens with one attached hydrogen (secondary N) is 1. The molecule has 3 aromatic rings. The number of amides is 1. The van der Waals surface area contributed by atoms with Crippen LogP contribution in [0.3, 0.4) is 0 Å². The Balaban J connectivity index is 1.90. The molecular formula is C26H30N4O6. The highest BCUT2D eigenvalue weighted by molar-refractivity contribution is 5.98. The summed E-state index contributed by atoms with van der Waals surface area (Å²) in [7, 11) is 1.49. The van der Waals surface area contributed by atoms with Crippen LogP contribution in [0.1, 0.15) is 35.3 Å². The summed E-state index contributed by atoms with van der Waals surface area (Å²) < 4.78 is 11.7. The van der Waals surface area contributed by atoms with Crippen molar-refractivity contribution in [3.8, 4) is 5.75 Å². The van der Waals surface area contributed by atoms with Crippen LogP contribution >= 0.6 is 0 Å². The third-order valence-electron chi connectivity index (χ3n) is 5.49. The number of benzene rings is 2. The minimum Gasteiger partial charge on any atom is -0.496 e. The van der Waals surface area contributed by atoms with Crippen molar-refractivity contribution in [2.24, 2.45) is 5.92 Å². The Morgan fingerprint density at radius 1 is 1.11 bits per heavy atom. The van der Waals surface area contributed by atoms with E-state index in [1.54, 1.807) is 12.1 Å². The first kappa shape index (κ1) is 26.3. The molecule has 3 N–H and O–H groups in total. The number of aryl methyl sites for hydroxylation is 1. The molecule has 190 valence electrons. The van der Waals surface area contributed by atoms with Crippen molar-refractivity contribution in [1.29, 1.82) is 0 Å². The monoisotopic (exact) mass is 494 g/mol. The van der Waals surface area contributed by atoms with Crippen molar-refractivity contribution in [2.45, 2.75) is 27.3 Å². The summed E-state index contributed by atoms with van der Waals surface area (Å²) in [5, 5.41) is 0. The number of nitrogens with two attached hydrogens (primary N) is 1. The molecule has 0 saturated carbocycles. The maximum atomic E-state index is 13.2. The molecule has 0 aliphatic heterocycles. The summed E-state index contributed by atoms with van der Waals surface area (Å²) >= 11 is 0. The second-order valence-electron chi connectivity index (χ2n) is 8.72. The molecule has 0 aliphatic rings. The lowest BCUT2D eigenvalue weighted by atomic mass is 10.1. The fourth-order valence-corrected chi connectivity index (χ4v) is 3.68. The molecule has 0 atom stereocenters. The Morgan fingerprint density at radius 3 is 2.44 bits per heavy atom. The quantitative estimate of drug-likeness (QED) is 0.436. The van der Waals surface area contributed by atoms with E-state index in [1.807, 2.05) is 51.1 Å². The van der Waals surface area contributed by atoms with Crippen LogP contribution in [0.25, 0.3) is 0 Å². The number of esters is 1. The summed E-state index contributed by atoms with van der Waals surface area (Å²) in [6.45, 7) is 5.14. The van der Waals surface area contributed by atoms with E-state index in [0.717, 1.165) is 16.0 Å². The Morgan fingerprint density at radius 2 is 1.81 bits per heavy atom. The molecule has 1 amide bonds. The third kappa shape index (κ3) is 6.01. The zero-order valence-corrected chi connectivity index (χ0v) is 20.7. The van der Waals surface area contributed by atoms with Gasteiger partial charge in [-0.1, -0.05) is 50.2 Å². The minimum absolute atomic E-state index is 0.0562. The van der Waals surface area contributed by atoms with Crippen LogP contribution in [0.2, 0.25) is 0 Å². The minimum atomic E-state index is -0.801. The zero-order chi connectivity index (χ0) is 26.4. The van der Waals surface area contributed by atoms with Crippen LogP contribution < -0.4 is 26.6 Å². The number of hydrogen-bond acceptors (Lipinski definition) is 7. The molecule has 2 aromatic carbocycles. The molecule has 0 saturated heterocycles. The van der Waals surface area contributed by atoms with E-state index in [2.05, 4.69) is 4.98 Å². The molecule has 10 heteroatoms. The van der Waals surface area contributed by atoms with Gasteiger partial charge in [-0.2, -0.15) is 0 Å². The van der Waals surface area contributed by atoms with E-state index < -0.39 is 29.7 Å². The van der Waals surface area contributed by atoms with Gasteiger partial charge < -0.3 is 20.1 Å². The fraction of sp³-hybridized carbons (Fsp3) is 0.308. The average Bonchev–Trinajstić information content (AvgIpc) is 2.84. The number of nitrogen functional groups attached to an aromatic ring is 1. The van der Waals surface area contributed by atoms with Crippen molar-refractivity contribution < 1.29 is 19.1 Å². The predicted molar refractivity (Wildman–Crippen MR) is 136 cm³/mol. The highest BCUT2D eigenvalue weighted by atomic mass is 16.5. The molecule has 1 aromatic heterocycles. The molecule has 0 unspecified atom stereocenters. The summed E-state index contributed by atoms with van der Waals surface area (Å²) in [6, 6.07) is 13.9. The Hall–Kier alpha value is -4.34. The van der Waals surface area contributed by atoms with Gasteiger partial charge in [-0.05, 0) is 36.1 Å². The van der Waals surface area contributed by atoms with Crippen LogP contribution in [-0.4, -0.2) is 41.7 Å². The largest absolute Gasteiger partial charge is 0.496 e. The fourth-order valence-electron chi connectivity index (χ4n) is 3.68. The standard InChI is InChI=1S/C26H30N4O6/c1-16(2)13-29(21(31)15-36-25(33)19-11-10-17(3)20(12-19)35-4)22-23(27)30(26(34)28-24(22)32)14-18-8-6-5-7-9-18/h5-12,16H,13-15,27H2,1-4H3,(H,28,32,34).